The fraction of sp³-hybridized carbons (Fsp3) is 0.667. The van der Waals surface area contributed by atoms with E-state index in [9.17, 15) is 8.42 Å². The van der Waals surface area contributed by atoms with Crippen LogP contribution < -0.4 is 10.5 Å². The highest BCUT2D eigenvalue weighted by Crippen LogP contribution is 2.25. The van der Waals surface area contributed by atoms with Crippen LogP contribution in [0.2, 0.25) is 0 Å². The first-order chi connectivity index (χ1) is 5.57. The normalized spacial score (nSPS) is 28.9. The molecule has 0 aromatic rings. The smallest absolute Gasteiger partial charge is 0.298 e. The second kappa shape index (κ2) is 2.45. The summed E-state index contributed by atoms with van der Waals surface area (Å²) in [6.07, 6.45) is 1.64. The van der Waals surface area contributed by atoms with Crippen LogP contribution in [0.4, 0.5) is 0 Å². The third-order valence-electron chi connectivity index (χ3n) is 2.28. The Labute approximate surface area is 71.4 Å². The highest BCUT2D eigenvalue weighted by Gasteiger charge is 2.32. The van der Waals surface area contributed by atoms with Gasteiger partial charge < -0.3 is 5.32 Å². The number of fused-ring (bicyclic) bond motifs is 1. The van der Waals surface area contributed by atoms with Gasteiger partial charge in [-0.25, -0.2) is 5.14 Å². The number of rotatable bonds is 1. The minimum absolute atomic E-state index is 0.336. The molecule has 2 rings (SSSR count). The van der Waals surface area contributed by atoms with Gasteiger partial charge in [0.1, 0.15) is 0 Å². The minimum atomic E-state index is -3.52. The van der Waals surface area contributed by atoms with Crippen LogP contribution in [0.15, 0.2) is 11.8 Å². The average Bonchev–Trinajstić information content (AvgIpc) is 2.37. The Morgan fingerprint density at radius 1 is 1.67 bits per heavy atom. The van der Waals surface area contributed by atoms with Gasteiger partial charge in [-0.15, -0.1) is 0 Å². The number of hydrogen-bond donors (Lipinski definition) is 2. The molecule has 2 heterocycles. The Morgan fingerprint density at radius 3 is 3.00 bits per heavy atom. The summed E-state index contributed by atoms with van der Waals surface area (Å²) in [6.45, 7) is 2.15. The van der Waals surface area contributed by atoms with Gasteiger partial charge in [-0.2, -0.15) is 8.42 Å². The summed E-state index contributed by atoms with van der Waals surface area (Å²) in [7, 11) is -3.52. The zero-order chi connectivity index (χ0) is 8.77. The molecule has 5 nitrogen and oxygen atoms in total. The van der Waals surface area contributed by atoms with Crippen molar-refractivity contribution >= 4 is 10.2 Å². The SMILES string of the molecule is NS(=O)(=O)N1C=C2CNCC2C1. The van der Waals surface area contributed by atoms with E-state index in [1.807, 2.05) is 0 Å². The summed E-state index contributed by atoms with van der Waals surface area (Å²) in [5.41, 5.74) is 1.14. The molecule has 0 aromatic heterocycles. The van der Waals surface area contributed by atoms with Crippen molar-refractivity contribution in [2.75, 3.05) is 19.6 Å². The van der Waals surface area contributed by atoms with Crippen molar-refractivity contribution in [3.63, 3.8) is 0 Å². The molecule has 0 aromatic carbocycles. The van der Waals surface area contributed by atoms with Crippen LogP contribution in [0, 0.1) is 5.92 Å². The van der Waals surface area contributed by atoms with Crippen molar-refractivity contribution in [2.24, 2.45) is 11.1 Å². The molecule has 12 heavy (non-hydrogen) atoms. The molecule has 0 saturated carbocycles. The van der Waals surface area contributed by atoms with Crippen LogP contribution in [0.25, 0.3) is 0 Å². The highest BCUT2D eigenvalue weighted by molar-refractivity contribution is 7.86. The standard InChI is InChI=1S/C6H11N3O2S/c7-12(10,11)9-3-5-1-8-2-6(5)4-9/h3,6,8H,1-2,4H2,(H2,7,10,11). The Hall–Kier alpha value is -0.590. The lowest BCUT2D eigenvalue weighted by atomic mass is 10.1. The number of nitrogens with one attached hydrogen (secondary N) is 1. The first kappa shape index (κ1) is 8.03. The second-order valence-electron chi connectivity index (χ2n) is 3.15. The van der Waals surface area contributed by atoms with E-state index >= 15 is 0 Å². The lowest BCUT2D eigenvalue weighted by molar-refractivity contribution is 0.482. The lowest BCUT2D eigenvalue weighted by Gasteiger charge is -2.13. The van der Waals surface area contributed by atoms with E-state index in [1.165, 1.54) is 4.31 Å². The monoisotopic (exact) mass is 189 g/mol. The zero-order valence-electron chi connectivity index (χ0n) is 6.53. The zero-order valence-corrected chi connectivity index (χ0v) is 7.34. The first-order valence-electron chi connectivity index (χ1n) is 3.78. The number of nitrogens with zero attached hydrogens (tertiary/aromatic N) is 1. The first-order valence-corrected chi connectivity index (χ1v) is 5.28. The van der Waals surface area contributed by atoms with Gasteiger partial charge in [0.2, 0.25) is 0 Å². The van der Waals surface area contributed by atoms with Crippen molar-refractivity contribution in [3.05, 3.63) is 11.8 Å². The van der Waals surface area contributed by atoms with E-state index in [1.54, 1.807) is 6.20 Å². The van der Waals surface area contributed by atoms with E-state index in [2.05, 4.69) is 5.32 Å². The van der Waals surface area contributed by atoms with Gasteiger partial charge in [0.05, 0.1) is 0 Å². The maximum Gasteiger partial charge on any atom is 0.298 e. The highest BCUT2D eigenvalue weighted by atomic mass is 32.2. The van der Waals surface area contributed by atoms with Crippen LogP contribution in [0.5, 0.6) is 0 Å². The molecule has 1 fully saturated rings. The van der Waals surface area contributed by atoms with Crippen molar-refractivity contribution in [3.8, 4) is 0 Å². The molecule has 1 atom stereocenters. The van der Waals surface area contributed by atoms with E-state index in [0.29, 0.717) is 12.5 Å². The molecule has 68 valence electrons. The van der Waals surface area contributed by atoms with E-state index in [0.717, 1.165) is 18.7 Å². The molecule has 1 saturated heterocycles. The van der Waals surface area contributed by atoms with E-state index in [-0.39, 0.29) is 0 Å². The van der Waals surface area contributed by atoms with Gasteiger partial charge in [-0.05, 0) is 5.57 Å². The Morgan fingerprint density at radius 2 is 2.42 bits per heavy atom. The summed E-state index contributed by atoms with van der Waals surface area (Å²) >= 11 is 0. The third kappa shape index (κ3) is 1.21. The molecule has 2 aliphatic rings. The fourth-order valence-electron chi connectivity index (χ4n) is 1.63. The molecule has 3 N–H and O–H groups in total. The van der Waals surface area contributed by atoms with Crippen molar-refractivity contribution in [1.82, 2.24) is 9.62 Å². The fourth-order valence-corrected chi connectivity index (χ4v) is 2.30. The lowest BCUT2D eigenvalue weighted by Crippen LogP contribution is -2.33. The van der Waals surface area contributed by atoms with Gasteiger partial charge in [0, 0.05) is 31.8 Å². The minimum Gasteiger partial charge on any atom is -0.312 e. The molecule has 0 aliphatic carbocycles. The van der Waals surface area contributed by atoms with Crippen LogP contribution in [0.3, 0.4) is 0 Å². The van der Waals surface area contributed by atoms with Crippen molar-refractivity contribution in [2.45, 2.75) is 0 Å². The Kier molecular flexibility index (Phi) is 1.64. The summed E-state index contributed by atoms with van der Waals surface area (Å²) < 4.78 is 23.0. The largest absolute Gasteiger partial charge is 0.312 e. The van der Waals surface area contributed by atoms with Crippen LogP contribution in [-0.2, 0) is 10.2 Å². The molecule has 0 radical (unpaired) electrons. The predicted octanol–water partition coefficient (Wildman–Crippen LogP) is -1.39. The van der Waals surface area contributed by atoms with Gasteiger partial charge in [-0.1, -0.05) is 0 Å². The predicted molar refractivity (Wildman–Crippen MR) is 44.3 cm³/mol. The molecular formula is C6H11N3O2S. The van der Waals surface area contributed by atoms with Crippen LogP contribution >= 0.6 is 0 Å². The molecule has 0 bridgehead atoms. The maximum atomic E-state index is 10.9. The summed E-state index contributed by atoms with van der Waals surface area (Å²) in [5, 5.41) is 8.14. The summed E-state index contributed by atoms with van der Waals surface area (Å²) in [5.74, 6) is 0.336. The van der Waals surface area contributed by atoms with E-state index < -0.39 is 10.2 Å². The number of hydrogen-bond acceptors (Lipinski definition) is 3. The second-order valence-corrected chi connectivity index (χ2v) is 4.65. The molecule has 2 aliphatic heterocycles. The quantitative estimate of drug-likeness (QED) is 0.533. The van der Waals surface area contributed by atoms with Crippen LogP contribution in [0.1, 0.15) is 0 Å². The third-order valence-corrected chi connectivity index (χ3v) is 3.19. The van der Waals surface area contributed by atoms with Gasteiger partial charge in [0.25, 0.3) is 10.2 Å². The van der Waals surface area contributed by atoms with Crippen LogP contribution in [-0.4, -0.2) is 32.4 Å². The average molecular weight is 189 g/mol. The molecule has 1 unspecified atom stereocenters. The Balaban J connectivity index is 2.23. The van der Waals surface area contributed by atoms with E-state index in [4.69, 9.17) is 5.14 Å². The maximum absolute atomic E-state index is 10.9. The van der Waals surface area contributed by atoms with Crippen molar-refractivity contribution in [1.29, 1.82) is 0 Å². The molecular weight excluding hydrogens is 178 g/mol. The number of nitrogens with two attached hydrogens (primary N) is 1. The van der Waals surface area contributed by atoms with Gasteiger partial charge in [0.15, 0.2) is 0 Å². The molecule has 0 amide bonds. The molecule has 0 spiro atoms. The van der Waals surface area contributed by atoms with Crippen molar-refractivity contribution < 1.29 is 8.42 Å². The van der Waals surface area contributed by atoms with Gasteiger partial charge >= 0.3 is 0 Å². The Bertz CT molecular complexity index is 322. The summed E-state index contributed by atoms with van der Waals surface area (Å²) in [6, 6.07) is 0. The van der Waals surface area contributed by atoms with Gasteiger partial charge in [-0.3, -0.25) is 4.31 Å². The summed E-state index contributed by atoms with van der Waals surface area (Å²) in [4.78, 5) is 0. The molecule has 6 heteroatoms. The topological polar surface area (TPSA) is 75.4 Å².